The summed E-state index contributed by atoms with van der Waals surface area (Å²) in [5, 5.41) is 11.3. The van der Waals surface area contributed by atoms with Gasteiger partial charge in [0.1, 0.15) is 6.54 Å². The van der Waals surface area contributed by atoms with Crippen molar-refractivity contribution in [3.05, 3.63) is 5.89 Å². The molecule has 0 atom stereocenters. The second-order valence-electron chi connectivity index (χ2n) is 4.87. The standard InChI is InChI=1S/C11H17N5O2/c1-15-4-5-16(7-10(15)17)11-14-13-9(18-11)6-12-8-2-3-8/h8,12H,2-7H2,1H3. The van der Waals surface area contributed by atoms with Gasteiger partial charge < -0.3 is 19.5 Å². The number of aromatic nitrogens is 2. The second kappa shape index (κ2) is 4.56. The van der Waals surface area contributed by atoms with Crippen LogP contribution in [0.4, 0.5) is 6.01 Å². The minimum atomic E-state index is 0.0807. The summed E-state index contributed by atoms with van der Waals surface area (Å²) in [5.74, 6) is 0.667. The number of piperazine rings is 1. The molecule has 3 rings (SSSR count). The normalized spacial score (nSPS) is 20.6. The lowest BCUT2D eigenvalue weighted by Gasteiger charge is -2.30. The number of likely N-dealkylation sites (N-methyl/N-ethyl adjacent to an activating group) is 1. The predicted octanol–water partition coefficient (Wildman–Crippen LogP) is -0.400. The highest BCUT2D eigenvalue weighted by Crippen LogP contribution is 2.20. The van der Waals surface area contributed by atoms with Crippen LogP contribution in [0.3, 0.4) is 0 Å². The zero-order valence-corrected chi connectivity index (χ0v) is 10.4. The molecule has 2 fully saturated rings. The number of nitrogens with zero attached hydrogens (tertiary/aromatic N) is 4. The van der Waals surface area contributed by atoms with Crippen LogP contribution in [-0.2, 0) is 11.3 Å². The molecule has 1 saturated carbocycles. The molecule has 0 radical (unpaired) electrons. The van der Waals surface area contributed by atoms with Gasteiger partial charge >= 0.3 is 6.01 Å². The number of nitrogens with one attached hydrogen (secondary N) is 1. The first kappa shape index (κ1) is 11.5. The number of anilines is 1. The summed E-state index contributed by atoms with van der Waals surface area (Å²) in [6.45, 7) is 2.35. The number of rotatable bonds is 4. The maximum atomic E-state index is 11.6. The quantitative estimate of drug-likeness (QED) is 0.785. The highest BCUT2D eigenvalue weighted by molar-refractivity contribution is 5.81. The fourth-order valence-electron chi connectivity index (χ4n) is 1.88. The van der Waals surface area contributed by atoms with Gasteiger partial charge in [-0.2, -0.15) is 0 Å². The lowest BCUT2D eigenvalue weighted by molar-refractivity contribution is -0.129. The zero-order chi connectivity index (χ0) is 12.5. The van der Waals surface area contributed by atoms with E-state index >= 15 is 0 Å². The van der Waals surface area contributed by atoms with Gasteiger partial charge in [0.25, 0.3) is 0 Å². The molecule has 0 unspecified atom stereocenters. The minimum absolute atomic E-state index is 0.0807. The lowest BCUT2D eigenvalue weighted by atomic mass is 10.3. The smallest absolute Gasteiger partial charge is 0.318 e. The zero-order valence-electron chi connectivity index (χ0n) is 10.4. The van der Waals surface area contributed by atoms with E-state index in [1.54, 1.807) is 11.9 Å². The van der Waals surface area contributed by atoms with E-state index in [-0.39, 0.29) is 5.91 Å². The van der Waals surface area contributed by atoms with E-state index in [0.717, 1.165) is 6.54 Å². The van der Waals surface area contributed by atoms with Gasteiger partial charge in [0, 0.05) is 26.2 Å². The van der Waals surface area contributed by atoms with Crippen LogP contribution in [0.25, 0.3) is 0 Å². The first-order chi connectivity index (χ1) is 8.72. The summed E-state index contributed by atoms with van der Waals surface area (Å²) in [7, 11) is 1.80. The third-order valence-corrected chi connectivity index (χ3v) is 3.30. The molecule has 7 nitrogen and oxygen atoms in total. The van der Waals surface area contributed by atoms with E-state index in [2.05, 4.69) is 15.5 Å². The molecule has 1 saturated heterocycles. The molecule has 1 aromatic rings. The summed E-state index contributed by atoms with van der Waals surface area (Å²) < 4.78 is 5.56. The summed E-state index contributed by atoms with van der Waals surface area (Å²) in [6.07, 6.45) is 2.46. The molecular formula is C11H17N5O2. The SMILES string of the molecule is CN1CCN(c2nnc(CNC3CC3)o2)CC1=O. The monoisotopic (exact) mass is 251 g/mol. The van der Waals surface area contributed by atoms with Crippen molar-refractivity contribution in [2.45, 2.75) is 25.4 Å². The van der Waals surface area contributed by atoms with Gasteiger partial charge in [0.05, 0.1) is 6.54 Å². The molecule has 0 spiro atoms. The minimum Gasteiger partial charge on any atom is -0.407 e. The van der Waals surface area contributed by atoms with Gasteiger partial charge in [-0.1, -0.05) is 5.10 Å². The van der Waals surface area contributed by atoms with E-state index in [4.69, 9.17) is 4.42 Å². The fraction of sp³-hybridized carbons (Fsp3) is 0.727. The molecular weight excluding hydrogens is 234 g/mol. The highest BCUT2D eigenvalue weighted by Gasteiger charge is 2.25. The average molecular weight is 251 g/mol. The molecule has 1 aliphatic carbocycles. The summed E-state index contributed by atoms with van der Waals surface area (Å²) in [4.78, 5) is 15.1. The largest absolute Gasteiger partial charge is 0.407 e. The van der Waals surface area contributed by atoms with Crippen molar-refractivity contribution in [1.29, 1.82) is 0 Å². The number of carbonyl (C=O) groups is 1. The fourth-order valence-corrected chi connectivity index (χ4v) is 1.88. The van der Waals surface area contributed by atoms with Gasteiger partial charge in [-0.3, -0.25) is 4.79 Å². The lowest BCUT2D eigenvalue weighted by Crippen LogP contribution is -2.48. The Kier molecular flexibility index (Phi) is 2.91. The van der Waals surface area contributed by atoms with E-state index < -0.39 is 0 Å². The molecule has 1 amide bonds. The Balaban J connectivity index is 1.59. The summed E-state index contributed by atoms with van der Waals surface area (Å²) >= 11 is 0. The Morgan fingerprint density at radius 2 is 2.22 bits per heavy atom. The molecule has 2 heterocycles. The molecule has 2 aliphatic rings. The van der Waals surface area contributed by atoms with Gasteiger partial charge in [-0.05, 0) is 12.8 Å². The van der Waals surface area contributed by atoms with Gasteiger partial charge in [-0.15, -0.1) is 5.10 Å². The Morgan fingerprint density at radius 3 is 2.94 bits per heavy atom. The van der Waals surface area contributed by atoms with Crippen LogP contribution in [0.1, 0.15) is 18.7 Å². The molecule has 0 bridgehead atoms. The van der Waals surface area contributed by atoms with Crippen LogP contribution in [0.5, 0.6) is 0 Å². The third kappa shape index (κ3) is 2.45. The topological polar surface area (TPSA) is 74.5 Å². The van der Waals surface area contributed by atoms with Crippen LogP contribution in [0.15, 0.2) is 4.42 Å². The van der Waals surface area contributed by atoms with Crippen LogP contribution >= 0.6 is 0 Å². The van der Waals surface area contributed by atoms with Crippen molar-refractivity contribution in [2.75, 3.05) is 31.6 Å². The van der Waals surface area contributed by atoms with Gasteiger partial charge in [-0.25, -0.2) is 0 Å². The van der Waals surface area contributed by atoms with Crippen molar-refractivity contribution < 1.29 is 9.21 Å². The Morgan fingerprint density at radius 1 is 1.39 bits per heavy atom. The third-order valence-electron chi connectivity index (χ3n) is 3.30. The summed E-state index contributed by atoms with van der Waals surface area (Å²) in [5.41, 5.74) is 0. The van der Waals surface area contributed by atoms with Crippen molar-refractivity contribution >= 4 is 11.9 Å². The molecule has 0 aromatic carbocycles. The Labute approximate surface area is 105 Å². The Hall–Kier alpha value is -1.63. The molecule has 1 aromatic heterocycles. The van der Waals surface area contributed by atoms with Crippen molar-refractivity contribution in [3.63, 3.8) is 0 Å². The molecule has 98 valence electrons. The highest BCUT2D eigenvalue weighted by atomic mass is 16.4. The van der Waals surface area contributed by atoms with Crippen LogP contribution in [-0.4, -0.2) is 53.7 Å². The number of hydrogen-bond donors (Lipinski definition) is 1. The predicted molar refractivity (Wildman–Crippen MR) is 64.0 cm³/mol. The van der Waals surface area contributed by atoms with Crippen molar-refractivity contribution in [1.82, 2.24) is 20.4 Å². The molecule has 7 heteroatoms. The first-order valence-electron chi connectivity index (χ1n) is 6.27. The number of amides is 1. The number of carbonyl (C=O) groups excluding carboxylic acids is 1. The molecule has 18 heavy (non-hydrogen) atoms. The van der Waals surface area contributed by atoms with Crippen LogP contribution < -0.4 is 10.2 Å². The average Bonchev–Trinajstić information content (AvgIpc) is 3.08. The number of hydrogen-bond acceptors (Lipinski definition) is 6. The van der Waals surface area contributed by atoms with Crippen molar-refractivity contribution in [3.8, 4) is 0 Å². The van der Waals surface area contributed by atoms with E-state index in [0.29, 0.717) is 37.6 Å². The summed E-state index contributed by atoms with van der Waals surface area (Å²) in [6, 6.07) is 1.06. The van der Waals surface area contributed by atoms with Crippen LogP contribution in [0.2, 0.25) is 0 Å². The second-order valence-corrected chi connectivity index (χ2v) is 4.87. The molecule has 1 N–H and O–H groups in total. The van der Waals surface area contributed by atoms with E-state index in [1.807, 2.05) is 4.90 Å². The first-order valence-corrected chi connectivity index (χ1v) is 6.27. The van der Waals surface area contributed by atoms with Gasteiger partial charge in [0.15, 0.2) is 0 Å². The maximum Gasteiger partial charge on any atom is 0.318 e. The van der Waals surface area contributed by atoms with Crippen molar-refractivity contribution in [2.24, 2.45) is 0 Å². The van der Waals surface area contributed by atoms with E-state index in [1.165, 1.54) is 12.8 Å². The van der Waals surface area contributed by atoms with E-state index in [9.17, 15) is 4.79 Å². The Bertz CT molecular complexity index is 442. The van der Waals surface area contributed by atoms with Gasteiger partial charge in [0.2, 0.25) is 11.8 Å². The maximum absolute atomic E-state index is 11.6. The van der Waals surface area contributed by atoms with Crippen LogP contribution in [0, 0.1) is 0 Å². The molecule has 1 aliphatic heterocycles.